The summed E-state index contributed by atoms with van der Waals surface area (Å²) in [5.74, 6) is 1.03. The number of likely N-dealkylation sites (N-methyl/N-ethyl adjacent to an activating group) is 1. The Labute approximate surface area is 91.4 Å². The Morgan fingerprint density at radius 2 is 2.20 bits per heavy atom. The van der Waals surface area contributed by atoms with Crippen LogP contribution in [0.1, 0.15) is 19.3 Å². The van der Waals surface area contributed by atoms with E-state index >= 15 is 0 Å². The quantitative estimate of drug-likeness (QED) is 0.708. The molecule has 2 aliphatic heterocycles. The maximum atomic E-state index is 11.8. The van der Waals surface area contributed by atoms with Gasteiger partial charge in [-0.15, -0.1) is 0 Å². The molecule has 86 valence electrons. The fourth-order valence-corrected chi connectivity index (χ4v) is 2.76. The van der Waals surface area contributed by atoms with Crippen molar-refractivity contribution >= 4 is 5.91 Å². The van der Waals surface area contributed by atoms with Gasteiger partial charge in [0.2, 0.25) is 5.91 Å². The van der Waals surface area contributed by atoms with Crippen LogP contribution in [0.15, 0.2) is 0 Å². The molecule has 2 unspecified atom stereocenters. The van der Waals surface area contributed by atoms with Crippen molar-refractivity contribution in [2.75, 3.05) is 33.2 Å². The highest BCUT2D eigenvalue weighted by Gasteiger charge is 2.37. The third-order valence-electron chi connectivity index (χ3n) is 3.73. The fraction of sp³-hybridized carbons (Fsp3) is 0.909. The molecule has 2 saturated heterocycles. The van der Waals surface area contributed by atoms with Gasteiger partial charge in [0.1, 0.15) is 0 Å². The van der Waals surface area contributed by atoms with E-state index in [0.717, 1.165) is 39.0 Å². The Kier molecular flexibility index (Phi) is 3.26. The van der Waals surface area contributed by atoms with Crippen molar-refractivity contribution in [2.24, 2.45) is 11.7 Å². The van der Waals surface area contributed by atoms with Gasteiger partial charge in [0, 0.05) is 20.1 Å². The molecule has 4 heteroatoms. The predicted molar refractivity (Wildman–Crippen MR) is 59.4 cm³/mol. The summed E-state index contributed by atoms with van der Waals surface area (Å²) in [5, 5.41) is 0. The molecule has 2 heterocycles. The van der Waals surface area contributed by atoms with Crippen LogP contribution in [0.25, 0.3) is 0 Å². The maximum absolute atomic E-state index is 11.8. The van der Waals surface area contributed by atoms with Gasteiger partial charge in [-0.3, -0.25) is 9.69 Å². The molecule has 2 aliphatic rings. The Bertz CT molecular complexity index is 244. The zero-order chi connectivity index (χ0) is 10.8. The molecule has 0 aliphatic carbocycles. The summed E-state index contributed by atoms with van der Waals surface area (Å²) in [4.78, 5) is 16.0. The van der Waals surface area contributed by atoms with Crippen molar-refractivity contribution < 1.29 is 4.79 Å². The van der Waals surface area contributed by atoms with Crippen LogP contribution in [-0.2, 0) is 4.79 Å². The highest BCUT2D eigenvalue weighted by Crippen LogP contribution is 2.25. The molecule has 0 spiro atoms. The van der Waals surface area contributed by atoms with E-state index in [4.69, 9.17) is 5.73 Å². The number of nitrogens with zero attached hydrogens (tertiary/aromatic N) is 2. The summed E-state index contributed by atoms with van der Waals surface area (Å²) in [6.45, 7) is 3.84. The Morgan fingerprint density at radius 3 is 2.80 bits per heavy atom. The summed E-state index contributed by atoms with van der Waals surface area (Å²) in [7, 11) is 1.90. The number of amides is 1. The van der Waals surface area contributed by atoms with E-state index in [1.807, 2.05) is 11.9 Å². The third-order valence-corrected chi connectivity index (χ3v) is 3.73. The minimum absolute atomic E-state index is 0.165. The van der Waals surface area contributed by atoms with Crippen molar-refractivity contribution in [1.82, 2.24) is 9.80 Å². The average Bonchev–Trinajstić information content (AvgIpc) is 2.77. The number of rotatable bonds is 3. The maximum Gasteiger partial charge on any atom is 0.239 e. The molecule has 0 radical (unpaired) electrons. The van der Waals surface area contributed by atoms with E-state index < -0.39 is 0 Å². The lowest BCUT2D eigenvalue weighted by Gasteiger charge is -2.22. The van der Waals surface area contributed by atoms with Gasteiger partial charge in [-0.25, -0.2) is 0 Å². The van der Waals surface area contributed by atoms with Crippen LogP contribution < -0.4 is 5.73 Å². The minimum atomic E-state index is 0.165. The number of nitrogens with two attached hydrogens (primary N) is 1. The molecule has 0 bridgehead atoms. The van der Waals surface area contributed by atoms with E-state index in [-0.39, 0.29) is 6.04 Å². The number of hydrogen-bond acceptors (Lipinski definition) is 3. The van der Waals surface area contributed by atoms with Crippen molar-refractivity contribution in [3.63, 3.8) is 0 Å². The SMILES string of the molecule is CN1CCC(N2CCC(CCN)C2)C1=O. The van der Waals surface area contributed by atoms with Crippen LogP contribution in [-0.4, -0.2) is 55.0 Å². The normalized spacial score (nSPS) is 32.9. The molecular weight excluding hydrogens is 190 g/mol. The molecule has 0 aromatic carbocycles. The lowest BCUT2D eigenvalue weighted by atomic mass is 10.1. The number of likely N-dealkylation sites (tertiary alicyclic amines) is 2. The highest BCUT2D eigenvalue weighted by molar-refractivity contribution is 5.83. The molecule has 0 aromatic rings. The Balaban J connectivity index is 1.88. The summed E-state index contributed by atoms with van der Waals surface area (Å²) in [5.41, 5.74) is 5.56. The first-order valence-electron chi connectivity index (χ1n) is 5.91. The van der Waals surface area contributed by atoms with Crippen molar-refractivity contribution in [2.45, 2.75) is 25.3 Å². The second-order valence-corrected chi connectivity index (χ2v) is 4.79. The fourth-order valence-electron chi connectivity index (χ4n) is 2.76. The largest absolute Gasteiger partial charge is 0.344 e. The van der Waals surface area contributed by atoms with E-state index in [9.17, 15) is 4.79 Å². The first kappa shape index (κ1) is 10.9. The van der Waals surface area contributed by atoms with Crippen LogP contribution in [0.5, 0.6) is 0 Å². The van der Waals surface area contributed by atoms with Gasteiger partial charge < -0.3 is 10.6 Å². The predicted octanol–water partition coefficient (Wildman–Crippen LogP) is -0.112. The van der Waals surface area contributed by atoms with E-state index in [1.54, 1.807) is 0 Å². The number of carbonyl (C=O) groups excluding carboxylic acids is 1. The lowest BCUT2D eigenvalue weighted by molar-refractivity contribution is -0.130. The van der Waals surface area contributed by atoms with Crippen LogP contribution in [0.2, 0.25) is 0 Å². The first-order chi connectivity index (χ1) is 7.22. The van der Waals surface area contributed by atoms with E-state index in [0.29, 0.717) is 11.8 Å². The molecule has 4 nitrogen and oxygen atoms in total. The van der Waals surface area contributed by atoms with Gasteiger partial charge in [0.25, 0.3) is 0 Å². The second-order valence-electron chi connectivity index (χ2n) is 4.79. The monoisotopic (exact) mass is 211 g/mol. The molecule has 2 N–H and O–H groups in total. The molecular formula is C11H21N3O. The van der Waals surface area contributed by atoms with Gasteiger partial charge in [-0.05, 0) is 38.3 Å². The van der Waals surface area contributed by atoms with E-state index in [1.165, 1.54) is 6.42 Å². The number of hydrogen-bond donors (Lipinski definition) is 1. The van der Waals surface area contributed by atoms with Gasteiger partial charge in [0.15, 0.2) is 0 Å². The first-order valence-corrected chi connectivity index (χ1v) is 5.91. The van der Waals surface area contributed by atoms with Crippen LogP contribution in [0.4, 0.5) is 0 Å². The highest BCUT2D eigenvalue weighted by atomic mass is 16.2. The van der Waals surface area contributed by atoms with Crippen LogP contribution >= 0.6 is 0 Å². The number of carbonyl (C=O) groups is 1. The molecule has 1 amide bonds. The van der Waals surface area contributed by atoms with Gasteiger partial charge in [0.05, 0.1) is 6.04 Å². The van der Waals surface area contributed by atoms with Gasteiger partial charge in [-0.2, -0.15) is 0 Å². The lowest BCUT2D eigenvalue weighted by Crippen LogP contribution is -2.39. The van der Waals surface area contributed by atoms with Crippen molar-refractivity contribution in [3.05, 3.63) is 0 Å². The molecule has 2 fully saturated rings. The van der Waals surface area contributed by atoms with Crippen molar-refractivity contribution in [3.8, 4) is 0 Å². The smallest absolute Gasteiger partial charge is 0.239 e. The van der Waals surface area contributed by atoms with Crippen LogP contribution in [0, 0.1) is 5.92 Å². The summed E-state index contributed by atoms with van der Waals surface area (Å²) < 4.78 is 0. The zero-order valence-electron chi connectivity index (χ0n) is 9.48. The standard InChI is InChI=1S/C11H21N3O/c1-13-6-4-10(11(13)15)14-7-3-9(8-14)2-5-12/h9-10H,2-8,12H2,1H3. The van der Waals surface area contributed by atoms with Gasteiger partial charge >= 0.3 is 0 Å². The molecule has 0 aromatic heterocycles. The Morgan fingerprint density at radius 1 is 1.40 bits per heavy atom. The second kappa shape index (κ2) is 4.49. The molecule has 15 heavy (non-hydrogen) atoms. The van der Waals surface area contributed by atoms with Crippen molar-refractivity contribution in [1.29, 1.82) is 0 Å². The molecule has 2 atom stereocenters. The average molecular weight is 211 g/mol. The summed E-state index contributed by atoms with van der Waals surface area (Å²) in [6, 6.07) is 0.165. The van der Waals surface area contributed by atoms with Crippen LogP contribution in [0.3, 0.4) is 0 Å². The topological polar surface area (TPSA) is 49.6 Å². The summed E-state index contributed by atoms with van der Waals surface area (Å²) in [6.07, 6.45) is 3.32. The van der Waals surface area contributed by atoms with E-state index in [2.05, 4.69) is 4.90 Å². The summed E-state index contributed by atoms with van der Waals surface area (Å²) >= 11 is 0. The Hall–Kier alpha value is -0.610. The third kappa shape index (κ3) is 2.16. The zero-order valence-corrected chi connectivity index (χ0v) is 9.48. The molecule has 0 saturated carbocycles. The van der Waals surface area contributed by atoms with Gasteiger partial charge in [-0.1, -0.05) is 0 Å². The minimum Gasteiger partial charge on any atom is -0.344 e. The molecule has 2 rings (SSSR count).